The zero-order chi connectivity index (χ0) is 26.8. The molecule has 4 rings (SSSR count). The average Bonchev–Trinajstić information content (AvgIpc) is 2.97. The van der Waals surface area contributed by atoms with Gasteiger partial charge in [-0.05, 0) is 34.4 Å². The molecule has 194 valence electrons. The number of aliphatic carboxylic acids is 1. The fourth-order valence-electron chi connectivity index (χ4n) is 4.52. The normalized spacial score (nSPS) is 11.9. The standard InChI is InChI=1S/C32H31NO4S/c1-33(31(36)37-24-25-14-6-2-7-15-25)29(30(34)35)22-23-38-32(26-16-8-3-9-17-26,27-18-10-4-11-19-27)28-20-12-5-13-21-28/h2-21,29H,22-24H2,1H3,(H,34,35)/t29-/m1/s1. The van der Waals surface area contributed by atoms with Crippen LogP contribution in [0.15, 0.2) is 121 Å². The van der Waals surface area contributed by atoms with Gasteiger partial charge in [-0.3, -0.25) is 4.90 Å². The van der Waals surface area contributed by atoms with E-state index < -0.39 is 22.9 Å². The monoisotopic (exact) mass is 525 g/mol. The number of amides is 1. The molecule has 0 unspecified atom stereocenters. The Balaban J connectivity index is 1.57. The van der Waals surface area contributed by atoms with E-state index in [0.29, 0.717) is 5.75 Å². The molecule has 1 N–H and O–H groups in total. The van der Waals surface area contributed by atoms with Gasteiger partial charge in [0.25, 0.3) is 0 Å². The minimum atomic E-state index is -1.06. The molecule has 0 saturated heterocycles. The Kier molecular flexibility index (Phi) is 9.22. The molecule has 1 amide bonds. The van der Waals surface area contributed by atoms with Gasteiger partial charge in [-0.1, -0.05) is 121 Å². The van der Waals surface area contributed by atoms with Crippen LogP contribution in [0, 0.1) is 0 Å². The molecule has 0 heterocycles. The number of likely N-dealkylation sites (N-methyl/N-ethyl adjacent to an activating group) is 1. The highest BCUT2D eigenvalue weighted by molar-refractivity contribution is 8.00. The Morgan fingerprint density at radius 1 is 0.763 bits per heavy atom. The molecule has 0 spiro atoms. The molecule has 0 aliphatic heterocycles. The lowest BCUT2D eigenvalue weighted by atomic mass is 9.84. The van der Waals surface area contributed by atoms with Gasteiger partial charge in [0.1, 0.15) is 12.6 Å². The second-order valence-electron chi connectivity index (χ2n) is 8.92. The summed E-state index contributed by atoms with van der Waals surface area (Å²) in [6, 6.07) is 39.0. The lowest BCUT2D eigenvalue weighted by Crippen LogP contribution is -2.43. The van der Waals surface area contributed by atoms with Crippen LogP contribution in [0.4, 0.5) is 4.79 Å². The fourth-order valence-corrected chi connectivity index (χ4v) is 6.08. The van der Waals surface area contributed by atoms with Crippen molar-refractivity contribution in [2.24, 2.45) is 0 Å². The van der Waals surface area contributed by atoms with E-state index in [-0.39, 0.29) is 13.0 Å². The van der Waals surface area contributed by atoms with E-state index >= 15 is 0 Å². The number of ether oxygens (including phenoxy) is 1. The van der Waals surface area contributed by atoms with Crippen LogP contribution in [-0.4, -0.2) is 40.9 Å². The SMILES string of the molecule is CN(C(=O)OCc1ccccc1)[C@H](CCSC(c1ccccc1)(c1ccccc1)c1ccccc1)C(=O)O. The van der Waals surface area contributed by atoms with Crippen molar-refractivity contribution >= 4 is 23.8 Å². The minimum absolute atomic E-state index is 0.0875. The maximum Gasteiger partial charge on any atom is 0.410 e. The minimum Gasteiger partial charge on any atom is -0.480 e. The zero-order valence-electron chi connectivity index (χ0n) is 21.3. The second kappa shape index (κ2) is 13.0. The largest absolute Gasteiger partial charge is 0.480 e. The number of carbonyl (C=O) groups excluding carboxylic acids is 1. The van der Waals surface area contributed by atoms with E-state index in [1.807, 2.05) is 84.9 Å². The molecular formula is C32H31NO4S. The highest BCUT2D eigenvalue weighted by atomic mass is 32.2. The van der Waals surface area contributed by atoms with Crippen LogP contribution in [0.3, 0.4) is 0 Å². The summed E-state index contributed by atoms with van der Waals surface area (Å²) in [6.07, 6.45) is -0.405. The molecule has 0 bridgehead atoms. The third-order valence-electron chi connectivity index (χ3n) is 6.50. The van der Waals surface area contributed by atoms with Gasteiger partial charge in [-0.15, -0.1) is 11.8 Å². The molecule has 4 aromatic carbocycles. The van der Waals surface area contributed by atoms with Crippen molar-refractivity contribution in [2.75, 3.05) is 12.8 Å². The van der Waals surface area contributed by atoms with Crippen molar-refractivity contribution in [1.29, 1.82) is 0 Å². The number of carbonyl (C=O) groups is 2. The molecule has 0 aromatic heterocycles. The van der Waals surface area contributed by atoms with Gasteiger partial charge in [0.05, 0.1) is 4.75 Å². The Morgan fingerprint density at radius 3 is 1.61 bits per heavy atom. The second-order valence-corrected chi connectivity index (χ2v) is 10.2. The maximum absolute atomic E-state index is 12.7. The van der Waals surface area contributed by atoms with Crippen LogP contribution in [0.25, 0.3) is 0 Å². The Morgan fingerprint density at radius 2 is 1.18 bits per heavy atom. The summed E-state index contributed by atoms with van der Waals surface area (Å²) in [4.78, 5) is 26.1. The number of hydrogen-bond acceptors (Lipinski definition) is 4. The van der Waals surface area contributed by atoms with Gasteiger partial charge >= 0.3 is 12.1 Å². The molecule has 0 aliphatic carbocycles. The lowest BCUT2D eigenvalue weighted by molar-refractivity contribution is -0.142. The van der Waals surface area contributed by atoms with Gasteiger partial charge in [-0.2, -0.15) is 0 Å². The summed E-state index contributed by atoms with van der Waals surface area (Å²) >= 11 is 1.67. The Bertz CT molecular complexity index is 1200. The summed E-state index contributed by atoms with van der Waals surface area (Å²) in [6.45, 7) is 0.0875. The van der Waals surface area contributed by atoms with Crippen molar-refractivity contribution in [3.05, 3.63) is 144 Å². The zero-order valence-corrected chi connectivity index (χ0v) is 22.1. The van der Waals surface area contributed by atoms with E-state index in [1.54, 1.807) is 11.8 Å². The van der Waals surface area contributed by atoms with Crippen molar-refractivity contribution in [3.63, 3.8) is 0 Å². The highest BCUT2D eigenvalue weighted by Gasteiger charge is 2.37. The highest BCUT2D eigenvalue weighted by Crippen LogP contribution is 2.48. The average molecular weight is 526 g/mol. The summed E-state index contributed by atoms with van der Waals surface area (Å²) in [7, 11) is 1.48. The van der Waals surface area contributed by atoms with E-state index in [2.05, 4.69) is 36.4 Å². The third-order valence-corrected chi connectivity index (χ3v) is 8.08. The number of benzene rings is 4. The number of hydrogen-bond donors (Lipinski definition) is 1. The lowest BCUT2D eigenvalue weighted by Gasteiger charge is -2.36. The van der Waals surface area contributed by atoms with Gasteiger partial charge in [0.2, 0.25) is 0 Å². The van der Waals surface area contributed by atoms with Crippen LogP contribution in [-0.2, 0) is 20.9 Å². The first-order valence-corrected chi connectivity index (χ1v) is 13.5. The number of carboxylic acids is 1. The molecule has 0 saturated carbocycles. The molecular weight excluding hydrogens is 494 g/mol. The van der Waals surface area contributed by atoms with Crippen LogP contribution < -0.4 is 0 Å². The molecule has 4 aromatic rings. The summed E-state index contributed by atoms with van der Waals surface area (Å²) in [5.41, 5.74) is 4.15. The van der Waals surface area contributed by atoms with Gasteiger partial charge in [0.15, 0.2) is 0 Å². The summed E-state index contributed by atoms with van der Waals surface area (Å²) < 4.78 is 4.84. The van der Waals surface area contributed by atoms with E-state index in [1.165, 1.54) is 11.9 Å². The molecule has 0 fully saturated rings. The molecule has 0 aliphatic rings. The molecule has 1 atom stereocenters. The Labute approximate surface area is 228 Å². The smallest absolute Gasteiger partial charge is 0.410 e. The van der Waals surface area contributed by atoms with Crippen molar-refractivity contribution in [3.8, 4) is 0 Å². The predicted molar refractivity (Wildman–Crippen MR) is 152 cm³/mol. The van der Waals surface area contributed by atoms with Crippen LogP contribution in [0.5, 0.6) is 0 Å². The molecule has 5 nitrogen and oxygen atoms in total. The Hall–Kier alpha value is -4.03. The van der Waals surface area contributed by atoms with E-state index in [4.69, 9.17) is 4.74 Å². The third kappa shape index (κ3) is 6.26. The van der Waals surface area contributed by atoms with Crippen molar-refractivity contribution in [2.45, 2.75) is 23.8 Å². The van der Waals surface area contributed by atoms with Gasteiger partial charge in [0, 0.05) is 7.05 Å². The number of thioether (sulfide) groups is 1. The first-order chi connectivity index (χ1) is 18.5. The molecule has 0 radical (unpaired) electrons. The van der Waals surface area contributed by atoms with Crippen molar-refractivity contribution < 1.29 is 19.4 Å². The van der Waals surface area contributed by atoms with Crippen LogP contribution in [0.1, 0.15) is 28.7 Å². The first kappa shape index (κ1) is 27.0. The number of rotatable bonds is 11. The van der Waals surface area contributed by atoms with E-state index in [9.17, 15) is 14.7 Å². The summed E-state index contributed by atoms with van der Waals surface area (Å²) in [5.74, 6) is -0.569. The first-order valence-electron chi connectivity index (χ1n) is 12.5. The van der Waals surface area contributed by atoms with Gasteiger partial charge < -0.3 is 9.84 Å². The fraction of sp³-hybridized carbons (Fsp3) is 0.188. The predicted octanol–water partition coefficient (Wildman–Crippen LogP) is 6.82. The maximum atomic E-state index is 12.7. The topological polar surface area (TPSA) is 66.8 Å². The van der Waals surface area contributed by atoms with Crippen LogP contribution >= 0.6 is 11.8 Å². The number of nitrogens with zero attached hydrogens (tertiary/aromatic N) is 1. The van der Waals surface area contributed by atoms with E-state index in [0.717, 1.165) is 22.3 Å². The quantitative estimate of drug-likeness (QED) is 0.218. The molecule has 6 heteroatoms. The van der Waals surface area contributed by atoms with Gasteiger partial charge in [-0.25, -0.2) is 9.59 Å². The molecule has 38 heavy (non-hydrogen) atoms. The van der Waals surface area contributed by atoms with Crippen LogP contribution in [0.2, 0.25) is 0 Å². The number of carboxylic acid groups (broad SMARTS) is 1. The van der Waals surface area contributed by atoms with Crippen molar-refractivity contribution in [1.82, 2.24) is 4.90 Å². The summed E-state index contributed by atoms with van der Waals surface area (Å²) in [5, 5.41) is 10.00.